The van der Waals surface area contributed by atoms with Crippen LogP contribution in [0.4, 0.5) is 10.5 Å². The summed E-state index contributed by atoms with van der Waals surface area (Å²) in [6.07, 6.45) is 6.77. The zero-order chi connectivity index (χ0) is 20.2. The third-order valence-corrected chi connectivity index (χ3v) is 5.43. The summed E-state index contributed by atoms with van der Waals surface area (Å²) < 4.78 is 16.8. The molecule has 1 heterocycles. The molecule has 0 unspecified atom stereocenters. The molecule has 7 heteroatoms. The summed E-state index contributed by atoms with van der Waals surface area (Å²) >= 11 is 3.35. The molecule has 0 radical (unpaired) electrons. The fourth-order valence-electron chi connectivity index (χ4n) is 2.98. The monoisotopic (exact) mass is 454 g/mol. The van der Waals surface area contributed by atoms with Crippen molar-refractivity contribution in [2.75, 3.05) is 50.8 Å². The highest BCUT2D eigenvalue weighted by atomic mass is 79.9. The van der Waals surface area contributed by atoms with Gasteiger partial charge in [0.25, 0.3) is 0 Å². The van der Waals surface area contributed by atoms with E-state index in [1.54, 1.807) is 19.1 Å². The Kier molecular flexibility index (Phi) is 9.98. The molecule has 1 aromatic rings. The normalized spacial score (nSPS) is 16.2. The van der Waals surface area contributed by atoms with Crippen LogP contribution < -0.4 is 10.2 Å². The highest BCUT2D eigenvalue weighted by Crippen LogP contribution is 2.25. The Bertz CT molecular complexity index is 615. The number of carbonyl (C=O) groups is 1. The molecule has 0 aliphatic carbocycles. The van der Waals surface area contributed by atoms with E-state index in [0.29, 0.717) is 19.8 Å². The van der Waals surface area contributed by atoms with Gasteiger partial charge in [0, 0.05) is 57.8 Å². The molecule has 1 fully saturated rings. The van der Waals surface area contributed by atoms with E-state index >= 15 is 0 Å². The van der Waals surface area contributed by atoms with Crippen molar-refractivity contribution in [1.82, 2.24) is 5.32 Å². The molecule has 1 aliphatic rings. The third-order valence-electron chi connectivity index (χ3n) is 4.86. The lowest BCUT2D eigenvalue weighted by atomic mass is 9.93. The summed E-state index contributed by atoms with van der Waals surface area (Å²) in [4.78, 5) is 13.7. The number of methoxy groups -OCH3 is 1. The number of hydrogen-bond donors (Lipinski definition) is 1. The minimum Gasteiger partial charge on any atom is -0.381 e. The molecule has 1 N–H and O–H groups in total. The predicted octanol–water partition coefficient (Wildman–Crippen LogP) is 3.89. The van der Waals surface area contributed by atoms with Crippen LogP contribution in [0.25, 0.3) is 0 Å². The van der Waals surface area contributed by atoms with Crippen LogP contribution in [-0.4, -0.2) is 57.5 Å². The van der Waals surface area contributed by atoms with Gasteiger partial charge in [-0.3, -0.25) is 4.90 Å². The van der Waals surface area contributed by atoms with Crippen molar-refractivity contribution in [2.24, 2.45) is 0 Å². The minimum absolute atomic E-state index is 0.102. The number of halogens is 1. The van der Waals surface area contributed by atoms with Gasteiger partial charge in [-0.1, -0.05) is 40.2 Å². The maximum Gasteiger partial charge on any atom is 0.321 e. The first-order chi connectivity index (χ1) is 13.6. The number of urea groups is 1. The molecule has 156 valence electrons. The van der Waals surface area contributed by atoms with Crippen LogP contribution in [0.3, 0.4) is 0 Å². The number of amides is 2. The average Bonchev–Trinajstić information content (AvgIpc) is 2.74. The number of alkyl halides is 1. The predicted molar refractivity (Wildman–Crippen MR) is 115 cm³/mol. The Balaban J connectivity index is 1.75. The van der Waals surface area contributed by atoms with Crippen LogP contribution in [0.15, 0.2) is 36.4 Å². The molecule has 0 atom stereocenters. The Morgan fingerprint density at radius 2 is 2.04 bits per heavy atom. The van der Waals surface area contributed by atoms with E-state index in [1.807, 2.05) is 30.3 Å². The number of nitrogens with one attached hydrogen (secondary N) is 1. The van der Waals surface area contributed by atoms with Crippen LogP contribution >= 0.6 is 15.9 Å². The smallest absolute Gasteiger partial charge is 0.321 e. The molecule has 1 aliphatic heterocycles. The van der Waals surface area contributed by atoms with Gasteiger partial charge >= 0.3 is 6.03 Å². The molecule has 2 amide bonds. The Labute approximate surface area is 176 Å². The van der Waals surface area contributed by atoms with Crippen molar-refractivity contribution >= 4 is 27.6 Å². The van der Waals surface area contributed by atoms with Gasteiger partial charge in [0.2, 0.25) is 0 Å². The summed E-state index contributed by atoms with van der Waals surface area (Å²) in [6.45, 7) is 3.17. The second-order valence-corrected chi connectivity index (χ2v) is 7.59. The minimum atomic E-state index is -0.219. The molecule has 0 spiro atoms. The Hall–Kier alpha value is -1.41. The zero-order valence-corrected chi connectivity index (χ0v) is 18.4. The molecule has 1 saturated heterocycles. The first kappa shape index (κ1) is 22.9. The Morgan fingerprint density at radius 1 is 1.32 bits per heavy atom. The van der Waals surface area contributed by atoms with E-state index in [-0.39, 0.29) is 11.6 Å². The molecular weight excluding hydrogens is 424 g/mol. The highest BCUT2D eigenvalue weighted by molar-refractivity contribution is 9.09. The third kappa shape index (κ3) is 7.20. The summed E-state index contributed by atoms with van der Waals surface area (Å²) in [6, 6.07) is 7.73. The van der Waals surface area contributed by atoms with Gasteiger partial charge in [0.05, 0.1) is 18.8 Å². The van der Waals surface area contributed by atoms with Crippen molar-refractivity contribution in [2.45, 2.75) is 31.5 Å². The number of carbonyl (C=O) groups excluding carboxylic acids is 1. The second-order valence-electron chi connectivity index (χ2n) is 6.80. The van der Waals surface area contributed by atoms with Gasteiger partial charge in [-0.05, 0) is 24.1 Å². The summed E-state index contributed by atoms with van der Waals surface area (Å²) in [5.41, 5.74) is 1.70. The van der Waals surface area contributed by atoms with Gasteiger partial charge in [-0.15, -0.1) is 0 Å². The maximum atomic E-state index is 12.1. The molecule has 28 heavy (non-hydrogen) atoms. The largest absolute Gasteiger partial charge is 0.381 e. The van der Waals surface area contributed by atoms with Gasteiger partial charge in [-0.25, -0.2) is 4.79 Å². The van der Waals surface area contributed by atoms with E-state index in [1.165, 1.54) is 0 Å². The SMILES string of the molecule is COC1(/C=C/COCc2ccc(N(C)C(=O)NCCCBr)cc2)CCOCC1. The topological polar surface area (TPSA) is 60.0 Å². The molecule has 2 rings (SSSR count). The van der Waals surface area contributed by atoms with Crippen molar-refractivity contribution in [3.63, 3.8) is 0 Å². The summed E-state index contributed by atoms with van der Waals surface area (Å²) in [5.74, 6) is 0. The fourth-order valence-corrected chi connectivity index (χ4v) is 3.26. The highest BCUT2D eigenvalue weighted by Gasteiger charge is 2.29. The second kappa shape index (κ2) is 12.2. The van der Waals surface area contributed by atoms with Crippen molar-refractivity contribution in [1.29, 1.82) is 0 Å². The average molecular weight is 455 g/mol. The number of hydrogen-bond acceptors (Lipinski definition) is 4. The molecular formula is C21H31BrN2O4. The number of anilines is 1. The number of nitrogens with zero attached hydrogens (tertiary/aromatic N) is 1. The molecule has 0 aromatic heterocycles. The van der Waals surface area contributed by atoms with Crippen molar-refractivity contribution in [3.8, 4) is 0 Å². The fraction of sp³-hybridized carbons (Fsp3) is 0.571. The molecule has 0 bridgehead atoms. The quantitative estimate of drug-likeness (QED) is 0.331. The van der Waals surface area contributed by atoms with Crippen LogP contribution in [0.2, 0.25) is 0 Å². The van der Waals surface area contributed by atoms with Gasteiger partial charge < -0.3 is 19.5 Å². The van der Waals surface area contributed by atoms with E-state index in [2.05, 4.69) is 27.3 Å². The number of ether oxygens (including phenoxy) is 3. The van der Waals surface area contributed by atoms with Gasteiger partial charge in [0.1, 0.15) is 0 Å². The van der Waals surface area contributed by atoms with Crippen molar-refractivity contribution < 1.29 is 19.0 Å². The lowest BCUT2D eigenvalue weighted by molar-refractivity contribution is -0.0589. The van der Waals surface area contributed by atoms with Gasteiger partial charge in [0.15, 0.2) is 0 Å². The molecule has 6 nitrogen and oxygen atoms in total. The van der Waals surface area contributed by atoms with Crippen LogP contribution in [0.1, 0.15) is 24.8 Å². The maximum absolute atomic E-state index is 12.1. The molecule has 1 aromatic carbocycles. The van der Waals surface area contributed by atoms with Crippen LogP contribution in [0.5, 0.6) is 0 Å². The van der Waals surface area contributed by atoms with E-state index < -0.39 is 0 Å². The number of benzene rings is 1. The lowest BCUT2D eigenvalue weighted by Gasteiger charge is -2.33. The number of rotatable bonds is 10. The first-order valence-electron chi connectivity index (χ1n) is 9.65. The summed E-state index contributed by atoms with van der Waals surface area (Å²) in [5, 5.41) is 3.76. The van der Waals surface area contributed by atoms with E-state index in [9.17, 15) is 4.79 Å². The standard InChI is InChI=1S/C21H31BrN2O4/c1-24(20(25)23-13-4-12-22)19-7-5-18(6-8-19)17-28-14-3-9-21(26-2)10-15-27-16-11-21/h3,5-9H,4,10-17H2,1-2H3,(H,23,25)/b9-3+. The first-order valence-corrected chi connectivity index (χ1v) is 10.8. The van der Waals surface area contributed by atoms with Crippen LogP contribution in [-0.2, 0) is 20.8 Å². The summed E-state index contributed by atoms with van der Waals surface area (Å²) in [7, 11) is 3.51. The lowest BCUT2D eigenvalue weighted by Crippen LogP contribution is -2.37. The van der Waals surface area contributed by atoms with E-state index in [0.717, 1.165) is 49.1 Å². The zero-order valence-electron chi connectivity index (χ0n) is 16.8. The molecule has 0 saturated carbocycles. The van der Waals surface area contributed by atoms with Crippen molar-refractivity contribution in [3.05, 3.63) is 42.0 Å². The van der Waals surface area contributed by atoms with Crippen LogP contribution in [0, 0.1) is 0 Å². The van der Waals surface area contributed by atoms with Gasteiger partial charge in [-0.2, -0.15) is 0 Å². The van der Waals surface area contributed by atoms with E-state index in [4.69, 9.17) is 14.2 Å². The Morgan fingerprint density at radius 3 is 2.68 bits per heavy atom.